The van der Waals surface area contributed by atoms with Crippen LogP contribution >= 0.6 is 11.3 Å². The van der Waals surface area contributed by atoms with Crippen LogP contribution in [0, 0.1) is 0 Å². The van der Waals surface area contributed by atoms with Gasteiger partial charge in [0.2, 0.25) is 0 Å². The van der Waals surface area contributed by atoms with Crippen molar-refractivity contribution < 1.29 is 0 Å². The van der Waals surface area contributed by atoms with Gasteiger partial charge in [-0.2, -0.15) is 0 Å². The van der Waals surface area contributed by atoms with Crippen LogP contribution in [0.3, 0.4) is 0 Å². The lowest BCUT2D eigenvalue weighted by atomic mass is 10.0. The van der Waals surface area contributed by atoms with Crippen LogP contribution in [0.4, 0.5) is 0 Å². The largest absolute Gasteiger partial charge is 0.306 e. The Bertz CT molecular complexity index is 518. The molecule has 0 spiro atoms. The van der Waals surface area contributed by atoms with Crippen molar-refractivity contribution in [1.82, 2.24) is 15.2 Å². The van der Waals surface area contributed by atoms with Gasteiger partial charge in [-0.15, -0.1) is 11.3 Å². The molecule has 4 heteroatoms. The molecule has 1 aromatic heterocycles. The molecule has 0 amide bonds. The maximum absolute atomic E-state index is 4.40. The number of aromatic nitrogens is 1. The van der Waals surface area contributed by atoms with Gasteiger partial charge in [0.15, 0.2) is 0 Å². The summed E-state index contributed by atoms with van der Waals surface area (Å²) >= 11 is 1.67. The standard InChI is InChI=1S/C17H23N3S/c1-14(17-12-21-13-18-17)19-16-7-9-20(10-8-16)11-15-5-3-2-4-6-15/h2-6,12-14,16,19H,7-11H2,1H3. The summed E-state index contributed by atoms with van der Waals surface area (Å²) in [6, 6.07) is 11.7. The zero-order valence-electron chi connectivity index (χ0n) is 12.5. The number of thiazole rings is 1. The quantitative estimate of drug-likeness (QED) is 0.916. The molecule has 1 fully saturated rings. The third kappa shape index (κ3) is 4.13. The summed E-state index contributed by atoms with van der Waals surface area (Å²) in [6.07, 6.45) is 2.45. The fraction of sp³-hybridized carbons (Fsp3) is 0.471. The van der Waals surface area contributed by atoms with E-state index in [1.165, 1.54) is 37.2 Å². The van der Waals surface area contributed by atoms with Crippen molar-refractivity contribution in [3.8, 4) is 0 Å². The second-order valence-corrected chi connectivity index (χ2v) is 6.56. The molecule has 3 rings (SSSR count). The van der Waals surface area contributed by atoms with Gasteiger partial charge in [-0.3, -0.25) is 4.90 Å². The molecule has 3 nitrogen and oxygen atoms in total. The van der Waals surface area contributed by atoms with Crippen molar-refractivity contribution >= 4 is 11.3 Å². The monoisotopic (exact) mass is 301 g/mol. The van der Waals surface area contributed by atoms with Crippen molar-refractivity contribution in [3.05, 3.63) is 52.5 Å². The van der Waals surface area contributed by atoms with E-state index < -0.39 is 0 Å². The van der Waals surface area contributed by atoms with Gasteiger partial charge in [0, 0.05) is 24.0 Å². The Labute approximate surface area is 131 Å². The van der Waals surface area contributed by atoms with Crippen LogP contribution in [0.25, 0.3) is 0 Å². The average Bonchev–Trinajstić information content (AvgIpc) is 3.05. The smallest absolute Gasteiger partial charge is 0.0795 e. The van der Waals surface area contributed by atoms with Crippen molar-refractivity contribution in [2.75, 3.05) is 13.1 Å². The van der Waals surface area contributed by atoms with Crippen LogP contribution in [0.2, 0.25) is 0 Å². The van der Waals surface area contributed by atoms with Gasteiger partial charge < -0.3 is 5.32 Å². The highest BCUT2D eigenvalue weighted by Gasteiger charge is 2.21. The number of nitrogens with one attached hydrogen (secondary N) is 1. The van der Waals surface area contributed by atoms with E-state index in [9.17, 15) is 0 Å². The highest BCUT2D eigenvalue weighted by molar-refractivity contribution is 7.07. The highest BCUT2D eigenvalue weighted by atomic mass is 32.1. The number of nitrogens with zero attached hydrogens (tertiary/aromatic N) is 2. The van der Waals surface area contributed by atoms with Crippen LogP contribution in [0.1, 0.15) is 37.1 Å². The number of benzene rings is 1. The molecule has 1 saturated heterocycles. The van der Waals surface area contributed by atoms with E-state index in [1.807, 2.05) is 5.51 Å². The highest BCUT2D eigenvalue weighted by Crippen LogP contribution is 2.18. The van der Waals surface area contributed by atoms with E-state index in [0.717, 1.165) is 6.54 Å². The van der Waals surface area contributed by atoms with Crippen molar-refractivity contribution in [2.45, 2.75) is 38.4 Å². The van der Waals surface area contributed by atoms with Crippen LogP contribution in [0.15, 0.2) is 41.2 Å². The summed E-state index contributed by atoms with van der Waals surface area (Å²) in [4.78, 5) is 6.95. The van der Waals surface area contributed by atoms with Gasteiger partial charge in [0.05, 0.1) is 11.2 Å². The molecule has 0 radical (unpaired) electrons. The first kappa shape index (κ1) is 14.7. The molecule has 1 unspecified atom stereocenters. The molecular formula is C17H23N3S. The Hall–Kier alpha value is -1.23. The molecule has 112 valence electrons. The number of piperidine rings is 1. The van der Waals surface area contributed by atoms with Gasteiger partial charge in [-0.25, -0.2) is 4.98 Å². The minimum Gasteiger partial charge on any atom is -0.306 e. The van der Waals surface area contributed by atoms with E-state index in [0.29, 0.717) is 12.1 Å². The summed E-state index contributed by atoms with van der Waals surface area (Å²) in [5, 5.41) is 5.86. The molecule has 2 aromatic rings. The maximum atomic E-state index is 4.40. The van der Waals surface area contributed by atoms with Gasteiger partial charge in [-0.05, 0) is 38.4 Å². The Balaban J connectivity index is 1.45. The molecule has 1 aliphatic heterocycles. The topological polar surface area (TPSA) is 28.2 Å². The number of hydrogen-bond donors (Lipinski definition) is 1. The Morgan fingerprint density at radius 2 is 2.05 bits per heavy atom. The van der Waals surface area contributed by atoms with E-state index in [2.05, 4.69) is 57.8 Å². The molecule has 2 heterocycles. The first-order valence-corrected chi connectivity index (χ1v) is 8.66. The van der Waals surface area contributed by atoms with E-state index in [4.69, 9.17) is 0 Å². The van der Waals surface area contributed by atoms with Crippen LogP contribution in [-0.2, 0) is 6.54 Å². The molecule has 1 aromatic carbocycles. The summed E-state index contributed by atoms with van der Waals surface area (Å²) in [5.74, 6) is 0. The summed E-state index contributed by atoms with van der Waals surface area (Å²) in [6.45, 7) is 5.65. The second-order valence-electron chi connectivity index (χ2n) is 5.84. The van der Waals surface area contributed by atoms with Gasteiger partial charge in [0.1, 0.15) is 0 Å². The normalized spacial score (nSPS) is 18.7. The Morgan fingerprint density at radius 1 is 1.29 bits per heavy atom. The molecule has 0 aliphatic carbocycles. The van der Waals surface area contributed by atoms with E-state index in [1.54, 1.807) is 11.3 Å². The minimum atomic E-state index is 0.363. The van der Waals surface area contributed by atoms with Gasteiger partial charge >= 0.3 is 0 Å². The van der Waals surface area contributed by atoms with E-state index >= 15 is 0 Å². The number of hydrogen-bond acceptors (Lipinski definition) is 4. The van der Waals surface area contributed by atoms with Crippen LogP contribution in [0.5, 0.6) is 0 Å². The van der Waals surface area contributed by atoms with Crippen LogP contribution < -0.4 is 5.32 Å². The summed E-state index contributed by atoms with van der Waals surface area (Å²) < 4.78 is 0. The fourth-order valence-electron chi connectivity index (χ4n) is 2.97. The molecule has 21 heavy (non-hydrogen) atoms. The predicted molar refractivity (Wildman–Crippen MR) is 88.4 cm³/mol. The lowest BCUT2D eigenvalue weighted by Gasteiger charge is -2.33. The fourth-order valence-corrected chi connectivity index (χ4v) is 3.62. The third-order valence-electron chi connectivity index (χ3n) is 4.22. The van der Waals surface area contributed by atoms with Gasteiger partial charge in [0.25, 0.3) is 0 Å². The molecule has 0 bridgehead atoms. The summed E-state index contributed by atoms with van der Waals surface area (Å²) in [7, 11) is 0. The Kier molecular flexibility index (Phi) is 5.01. The molecule has 1 aliphatic rings. The van der Waals surface area contributed by atoms with Crippen LogP contribution in [-0.4, -0.2) is 29.0 Å². The third-order valence-corrected chi connectivity index (χ3v) is 4.82. The first-order valence-electron chi connectivity index (χ1n) is 7.71. The zero-order valence-corrected chi connectivity index (χ0v) is 13.4. The van der Waals surface area contributed by atoms with Crippen molar-refractivity contribution in [3.63, 3.8) is 0 Å². The zero-order chi connectivity index (χ0) is 14.5. The first-order chi connectivity index (χ1) is 10.3. The minimum absolute atomic E-state index is 0.363. The molecular weight excluding hydrogens is 278 g/mol. The molecule has 0 saturated carbocycles. The number of likely N-dealkylation sites (tertiary alicyclic amines) is 1. The predicted octanol–water partition coefficient (Wildman–Crippen LogP) is 3.46. The molecule has 1 N–H and O–H groups in total. The average molecular weight is 301 g/mol. The van der Waals surface area contributed by atoms with E-state index in [-0.39, 0.29) is 0 Å². The van der Waals surface area contributed by atoms with Crippen molar-refractivity contribution in [2.24, 2.45) is 0 Å². The second kappa shape index (κ2) is 7.16. The summed E-state index contributed by atoms with van der Waals surface area (Å²) in [5.41, 5.74) is 4.50. The SMILES string of the molecule is CC(NC1CCN(Cc2ccccc2)CC1)c1cscn1. The van der Waals surface area contributed by atoms with Crippen molar-refractivity contribution in [1.29, 1.82) is 0 Å². The lowest BCUT2D eigenvalue weighted by molar-refractivity contribution is 0.185. The lowest BCUT2D eigenvalue weighted by Crippen LogP contribution is -2.42. The molecule has 1 atom stereocenters. The van der Waals surface area contributed by atoms with Gasteiger partial charge in [-0.1, -0.05) is 30.3 Å². The maximum Gasteiger partial charge on any atom is 0.0795 e. The Morgan fingerprint density at radius 3 is 2.71 bits per heavy atom. The number of rotatable bonds is 5.